The second-order valence-electron chi connectivity index (χ2n) is 4.00. The van der Waals surface area contributed by atoms with Crippen LogP contribution in [0.2, 0.25) is 0 Å². The lowest BCUT2D eigenvalue weighted by atomic mass is 9.83. The van der Waals surface area contributed by atoms with E-state index in [4.69, 9.17) is 9.47 Å². The van der Waals surface area contributed by atoms with Crippen LogP contribution in [0.15, 0.2) is 11.6 Å². The van der Waals surface area contributed by atoms with Gasteiger partial charge in [0, 0.05) is 5.41 Å². The highest BCUT2D eigenvalue weighted by atomic mass is 16.7. The summed E-state index contributed by atoms with van der Waals surface area (Å²) >= 11 is 0. The maximum Gasteiger partial charge on any atom is 0.187 e. The third kappa shape index (κ3) is 0.932. The van der Waals surface area contributed by atoms with Gasteiger partial charge in [0.15, 0.2) is 5.79 Å². The van der Waals surface area contributed by atoms with Crippen molar-refractivity contribution in [3.05, 3.63) is 11.6 Å². The Balaban J connectivity index is 2.41. The van der Waals surface area contributed by atoms with Crippen molar-refractivity contribution in [2.24, 2.45) is 5.41 Å². The largest absolute Gasteiger partial charge is 0.345 e. The van der Waals surface area contributed by atoms with Gasteiger partial charge < -0.3 is 9.47 Å². The Morgan fingerprint density at radius 2 is 1.82 bits per heavy atom. The molecule has 0 aromatic rings. The van der Waals surface area contributed by atoms with Crippen LogP contribution in [0.5, 0.6) is 0 Å². The maximum absolute atomic E-state index is 5.59. The molecular weight excluding hydrogens is 140 g/mol. The normalized spacial score (nSPS) is 49.2. The highest BCUT2D eigenvalue weighted by molar-refractivity contribution is 5.20. The SMILES string of the molecule is CC1=CC2(C)COC1(C)OC2. The Bertz CT molecular complexity index is 210. The monoisotopic (exact) mass is 154 g/mol. The molecule has 0 unspecified atom stereocenters. The molecule has 3 heterocycles. The minimum atomic E-state index is -0.419. The summed E-state index contributed by atoms with van der Waals surface area (Å²) in [5.41, 5.74) is 1.33. The fourth-order valence-corrected chi connectivity index (χ4v) is 1.65. The second kappa shape index (κ2) is 1.87. The number of hydrogen-bond acceptors (Lipinski definition) is 2. The average Bonchev–Trinajstić information content (AvgIpc) is 1.94. The van der Waals surface area contributed by atoms with Crippen molar-refractivity contribution in [1.29, 1.82) is 0 Å². The van der Waals surface area contributed by atoms with Crippen LogP contribution in [-0.2, 0) is 9.47 Å². The molecule has 11 heavy (non-hydrogen) atoms. The van der Waals surface area contributed by atoms with Crippen molar-refractivity contribution in [1.82, 2.24) is 0 Å². The maximum atomic E-state index is 5.59. The van der Waals surface area contributed by atoms with E-state index in [1.54, 1.807) is 0 Å². The third-order valence-electron chi connectivity index (χ3n) is 2.64. The summed E-state index contributed by atoms with van der Waals surface area (Å²) in [6, 6.07) is 0. The standard InChI is InChI=1S/C9H14O2/c1-7-4-8(2)5-10-9(7,3)11-6-8/h4H,5-6H2,1-3H3. The summed E-state index contributed by atoms with van der Waals surface area (Å²) < 4.78 is 11.2. The zero-order chi connectivity index (χ0) is 8.11. The summed E-state index contributed by atoms with van der Waals surface area (Å²) in [5, 5.41) is 0. The molecule has 0 saturated carbocycles. The molecule has 0 atom stereocenters. The van der Waals surface area contributed by atoms with Crippen molar-refractivity contribution in [2.45, 2.75) is 26.6 Å². The van der Waals surface area contributed by atoms with Crippen LogP contribution in [0.25, 0.3) is 0 Å². The van der Waals surface area contributed by atoms with Crippen LogP contribution in [-0.4, -0.2) is 19.0 Å². The molecule has 2 heteroatoms. The summed E-state index contributed by atoms with van der Waals surface area (Å²) in [6.07, 6.45) is 2.28. The predicted octanol–water partition coefficient (Wildman–Crippen LogP) is 1.72. The van der Waals surface area contributed by atoms with Gasteiger partial charge in [0.1, 0.15) is 0 Å². The molecule has 0 aliphatic carbocycles. The van der Waals surface area contributed by atoms with Gasteiger partial charge in [-0.3, -0.25) is 0 Å². The van der Waals surface area contributed by atoms with Crippen LogP contribution in [0.3, 0.4) is 0 Å². The number of hydrogen-bond donors (Lipinski definition) is 0. The molecule has 3 aliphatic heterocycles. The Kier molecular flexibility index (Phi) is 1.25. The van der Waals surface area contributed by atoms with Gasteiger partial charge in [0.05, 0.1) is 13.2 Å². The molecule has 0 radical (unpaired) electrons. The number of ether oxygens (including phenoxy) is 2. The van der Waals surface area contributed by atoms with Crippen LogP contribution in [0, 0.1) is 5.41 Å². The molecule has 3 aliphatic rings. The first-order valence-corrected chi connectivity index (χ1v) is 4.02. The summed E-state index contributed by atoms with van der Waals surface area (Å²) in [6.45, 7) is 7.80. The van der Waals surface area contributed by atoms with E-state index in [0.717, 1.165) is 13.2 Å². The van der Waals surface area contributed by atoms with E-state index < -0.39 is 5.79 Å². The molecule has 0 spiro atoms. The van der Waals surface area contributed by atoms with Crippen molar-refractivity contribution < 1.29 is 9.47 Å². The van der Waals surface area contributed by atoms with Crippen molar-refractivity contribution in [3.8, 4) is 0 Å². The minimum Gasteiger partial charge on any atom is -0.345 e. The van der Waals surface area contributed by atoms with Crippen LogP contribution < -0.4 is 0 Å². The van der Waals surface area contributed by atoms with E-state index in [-0.39, 0.29) is 5.41 Å². The van der Waals surface area contributed by atoms with E-state index >= 15 is 0 Å². The zero-order valence-corrected chi connectivity index (χ0v) is 7.31. The highest BCUT2D eigenvalue weighted by Gasteiger charge is 2.44. The second-order valence-corrected chi connectivity index (χ2v) is 4.00. The molecule has 2 bridgehead atoms. The van der Waals surface area contributed by atoms with Crippen molar-refractivity contribution in [2.75, 3.05) is 13.2 Å². The predicted molar refractivity (Wildman–Crippen MR) is 42.2 cm³/mol. The Hall–Kier alpha value is -0.340. The Morgan fingerprint density at radius 1 is 1.27 bits per heavy atom. The Morgan fingerprint density at radius 3 is 2.18 bits per heavy atom. The quantitative estimate of drug-likeness (QED) is 0.494. The van der Waals surface area contributed by atoms with Gasteiger partial charge in [0.2, 0.25) is 0 Å². The van der Waals surface area contributed by atoms with Crippen LogP contribution in [0.1, 0.15) is 20.8 Å². The lowest BCUT2D eigenvalue weighted by Crippen LogP contribution is -2.51. The summed E-state index contributed by atoms with van der Waals surface area (Å²) in [5.74, 6) is -0.419. The minimum absolute atomic E-state index is 0.127. The van der Waals surface area contributed by atoms with Gasteiger partial charge in [-0.25, -0.2) is 0 Å². The topological polar surface area (TPSA) is 18.5 Å². The van der Waals surface area contributed by atoms with E-state index in [1.807, 2.05) is 6.92 Å². The fraction of sp³-hybridized carbons (Fsp3) is 0.778. The van der Waals surface area contributed by atoms with Gasteiger partial charge in [0.25, 0.3) is 0 Å². The molecule has 1 fully saturated rings. The molecular formula is C9H14O2. The smallest absolute Gasteiger partial charge is 0.187 e. The molecule has 2 nitrogen and oxygen atoms in total. The van der Waals surface area contributed by atoms with Crippen LogP contribution in [0.4, 0.5) is 0 Å². The van der Waals surface area contributed by atoms with Gasteiger partial charge >= 0.3 is 0 Å². The molecule has 0 aromatic heterocycles. The van der Waals surface area contributed by atoms with Crippen LogP contribution >= 0.6 is 0 Å². The van der Waals surface area contributed by atoms with E-state index in [9.17, 15) is 0 Å². The van der Waals surface area contributed by atoms with E-state index in [0.29, 0.717) is 0 Å². The van der Waals surface area contributed by atoms with Gasteiger partial charge in [-0.1, -0.05) is 13.0 Å². The molecule has 0 amide bonds. The van der Waals surface area contributed by atoms with E-state index in [2.05, 4.69) is 19.9 Å². The molecule has 0 N–H and O–H groups in total. The molecule has 1 saturated heterocycles. The summed E-state index contributed by atoms with van der Waals surface area (Å²) in [7, 11) is 0. The number of fused-ring (bicyclic) bond motifs is 2. The molecule has 0 aromatic carbocycles. The first-order chi connectivity index (χ1) is 5.04. The van der Waals surface area contributed by atoms with E-state index in [1.165, 1.54) is 5.57 Å². The average molecular weight is 154 g/mol. The van der Waals surface area contributed by atoms with Crippen molar-refractivity contribution >= 4 is 0 Å². The number of rotatable bonds is 0. The first-order valence-electron chi connectivity index (χ1n) is 4.02. The van der Waals surface area contributed by atoms with Crippen molar-refractivity contribution in [3.63, 3.8) is 0 Å². The summed E-state index contributed by atoms with van der Waals surface area (Å²) in [4.78, 5) is 0. The fourth-order valence-electron chi connectivity index (χ4n) is 1.65. The lowest BCUT2D eigenvalue weighted by molar-refractivity contribution is -0.275. The third-order valence-corrected chi connectivity index (χ3v) is 2.64. The lowest BCUT2D eigenvalue weighted by Gasteiger charge is -2.47. The van der Waals surface area contributed by atoms with Gasteiger partial charge in [-0.05, 0) is 19.4 Å². The van der Waals surface area contributed by atoms with Gasteiger partial charge in [-0.15, -0.1) is 0 Å². The highest BCUT2D eigenvalue weighted by Crippen LogP contribution is 2.41. The molecule has 3 rings (SSSR count). The Labute approximate surface area is 67.2 Å². The van der Waals surface area contributed by atoms with Gasteiger partial charge in [-0.2, -0.15) is 0 Å². The zero-order valence-electron chi connectivity index (χ0n) is 7.31. The molecule has 62 valence electrons. The first kappa shape index (κ1) is 7.32.